The van der Waals surface area contributed by atoms with Crippen LogP contribution in [-0.2, 0) is 11.2 Å². The number of para-hydroxylation sites is 1. The van der Waals surface area contributed by atoms with Gasteiger partial charge in [-0.3, -0.25) is 10.2 Å². The number of hydrogen-bond donors (Lipinski definition) is 2. The number of hydrogen-bond acceptors (Lipinski definition) is 7. The molecule has 1 atom stereocenters. The standard InChI is InChI=1S/C31H33N3O4S.Li/c1-22-8-6-7-11-26(22)28-20-23(14-15-27(28)30(35)33-29(31(36)37)17-19-39-2)12-13-24-16-18-34(32-21-24)38-25-9-4-3-5-10-25;/h3-11,14-16,18,20-21,29,32H,12-13,17,19H2,1-2H3,(H,33,35)(H,36,37);/q;+1/p-1/t29-;/m0./s1. The van der Waals surface area contributed by atoms with Crippen LogP contribution in [0.2, 0.25) is 0 Å². The summed E-state index contributed by atoms with van der Waals surface area (Å²) in [5.41, 5.74) is 8.48. The Labute approximate surface area is 251 Å². The molecule has 0 saturated carbocycles. The van der Waals surface area contributed by atoms with Gasteiger partial charge in [0.15, 0.2) is 5.75 Å². The second-order valence-electron chi connectivity index (χ2n) is 9.22. The average molecular weight is 550 g/mol. The number of carboxylic acids is 1. The predicted molar refractivity (Wildman–Crippen MR) is 153 cm³/mol. The Morgan fingerprint density at radius 1 is 1.02 bits per heavy atom. The van der Waals surface area contributed by atoms with E-state index in [0.29, 0.717) is 17.7 Å². The molecule has 0 aliphatic carbocycles. The second kappa shape index (κ2) is 15.3. The van der Waals surface area contributed by atoms with Crippen LogP contribution in [-0.4, -0.2) is 35.1 Å². The van der Waals surface area contributed by atoms with E-state index in [1.807, 2.05) is 98.4 Å². The number of carbonyl (C=O) groups excluding carboxylic acids is 2. The van der Waals surface area contributed by atoms with E-state index < -0.39 is 17.9 Å². The third kappa shape index (κ3) is 8.46. The summed E-state index contributed by atoms with van der Waals surface area (Å²) in [6.07, 6.45) is 9.47. The van der Waals surface area contributed by atoms with Crippen molar-refractivity contribution in [3.8, 4) is 16.9 Å². The normalized spacial score (nSPS) is 12.9. The summed E-state index contributed by atoms with van der Waals surface area (Å²) >= 11 is 1.53. The van der Waals surface area contributed by atoms with E-state index in [2.05, 4.69) is 10.7 Å². The van der Waals surface area contributed by atoms with Gasteiger partial charge in [-0.2, -0.15) is 11.8 Å². The third-order valence-electron chi connectivity index (χ3n) is 6.41. The molecule has 1 amide bonds. The van der Waals surface area contributed by atoms with Crippen LogP contribution in [0.1, 0.15) is 34.3 Å². The van der Waals surface area contributed by atoms with Crippen LogP contribution in [0, 0.1) is 6.92 Å². The topological polar surface area (TPSA) is 93.7 Å². The van der Waals surface area contributed by atoms with E-state index in [1.54, 1.807) is 11.2 Å². The van der Waals surface area contributed by atoms with Crippen molar-refractivity contribution in [1.82, 2.24) is 15.9 Å². The summed E-state index contributed by atoms with van der Waals surface area (Å²) in [7, 11) is 0. The maximum Gasteiger partial charge on any atom is 1.00 e. The number of carbonyl (C=O) groups is 2. The van der Waals surface area contributed by atoms with Crippen molar-refractivity contribution in [1.29, 1.82) is 0 Å². The smallest absolute Gasteiger partial charge is 0.548 e. The Kier molecular flexibility index (Phi) is 11.8. The van der Waals surface area contributed by atoms with E-state index in [0.717, 1.165) is 46.4 Å². The molecule has 0 fully saturated rings. The number of nitrogens with one attached hydrogen (secondary N) is 2. The maximum absolute atomic E-state index is 13.3. The number of benzene rings is 3. The monoisotopic (exact) mass is 549 g/mol. The van der Waals surface area contributed by atoms with Crippen molar-refractivity contribution in [2.75, 3.05) is 12.0 Å². The Morgan fingerprint density at radius 3 is 2.45 bits per heavy atom. The summed E-state index contributed by atoms with van der Waals surface area (Å²) in [5, 5.41) is 15.8. The summed E-state index contributed by atoms with van der Waals surface area (Å²) in [6.45, 7) is 2.00. The number of thioether (sulfide) groups is 1. The molecular formula is C31H32LiN3O4S. The SMILES string of the molecule is CSCC[C@H](NC(=O)c1ccc(CCC2=CNN(Oc3ccccc3)C=C2)cc1-c1ccccc1C)C(=O)[O-].[Li+]. The molecule has 0 spiro atoms. The molecule has 1 aliphatic heterocycles. The van der Waals surface area contributed by atoms with Crippen LogP contribution in [0.3, 0.4) is 0 Å². The minimum atomic E-state index is -1.28. The quantitative estimate of drug-likeness (QED) is 0.330. The fraction of sp³-hybridized carbons (Fsp3) is 0.226. The van der Waals surface area contributed by atoms with Crippen LogP contribution in [0.15, 0.2) is 96.8 Å². The van der Waals surface area contributed by atoms with Gasteiger partial charge in [-0.25, -0.2) is 0 Å². The molecule has 0 saturated heterocycles. The average Bonchev–Trinajstić information content (AvgIpc) is 2.95. The molecule has 202 valence electrons. The molecule has 2 N–H and O–H groups in total. The summed E-state index contributed by atoms with van der Waals surface area (Å²) in [6, 6.07) is 22.1. The Morgan fingerprint density at radius 2 is 1.77 bits per heavy atom. The third-order valence-corrected chi connectivity index (χ3v) is 7.06. The van der Waals surface area contributed by atoms with E-state index in [9.17, 15) is 14.7 Å². The van der Waals surface area contributed by atoms with Crippen LogP contribution in [0.5, 0.6) is 5.75 Å². The molecule has 3 aromatic rings. The minimum Gasteiger partial charge on any atom is -0.548 e. The first-order valence-corrected chi connectivity index (χ1v) is 14.2. The first-order valence-electron chi connectivity index (χ1n) is 12.8. The van der Waals surface area contributed by atoms with E-state index in [4.69, 9.17) is 4.84 Å². The van der Waals surface area contributed by atoms with Crippen molar-refractivity contribution in [2.45, 2.75) is 32.2 Å². The van der Waals surface area contributed by atoms with Crippen LogP contribution >= 0.6 is 11.8 Å². The Balaban J connectivity index is 0.00000441. The molecule has 3 aromatic carbocycles. The molecule has 9 heteroatoms. The molecular weight excluding hydrogens is 517 g/mol. The zero-order chi connectivity index (χ0) is 27.6. The Hall–Kier alpha value is -3.57. The van der Waals surface area contributed by atoms with Gasteiger partial charge in [0.05, 0.1) is 18.2 Å². The number of hydroxylamine groups is 1. The molecule has 1 heterocycles. The molecule has 0 aromatic heterocycles. The summed E-state index contributed by atoms with van der Waals surface area (Å²) < 4.78 is 0. The van der Waals surface area contributed by atoms with E-state index >= 15 is 0 Å². The van der Waals surface area contributed by atoms with Crippen molar-refractivity contribution in [3.63, 3.8) is 0 Å². The van der Waals surface area contributed by atoms with Gasteiger partial charge in [0.1, 0.15) is 0 Å². The number of amides is 1. The number of hydrazine groups is 1. The van der Waals surface area contributed by atoms with Gasteiger partial charge in [-0.15, -0.1) is 5.17 Å². The van der Waals surface area contributed by atoms with Crippen LogP contribution in [0.4, 0.5) is 0 Å². The number of aryl methyl sites for hydroxylation is 2. The molecule has 0 radical (unpaired) electrons. The van der Waals surface area contributed by atoms with Crippen LogP contribution < -0.4 is 39.5 Å². The number of rotatable bonds is 12. The number of aliphatic carboxylic acids is 1. The summed E-state index contributed by atoms with van der Waals surface area (Å²) in [4.78, 5) is 30.6. The van der Waals surface area contributed by atoms with E-state index in [-0.39, 0.29) is 18.9 Å². The largest absolute Gasteiger partial charge is 1.00 e. The summed E-state index contributed by atoms with van der Waals surface area (Å²) in [5.74, 6) is -0.357. The second-order valence-corrected chi connectivity index (χ2v) is 10.2. The number of allylic oxidation sites excluding steroid dienone is 2. The Bertz CT molecular complexity index is 1360. The number of nitrogens with zero attached hydrogens (tertiary/aromatic N) is 1. The van der Waals surface area contributed by atoms with Gasteiger partial charge >= 0.3 is 18.9 Å². The van der Waals surface area contributed by atoms with Gasteiger partial charge in [0.25, 0.3) is 5.91 Å². The fourth-order valence-electron chi connectivity index (χ4n) is 4.26. The van der Waals surface area contributed by atoms with Gasteiger partial charge in [-0.1, -0.05) is 54.6 Å². The predicted octanol–water partition coefficient (Wildman–Crippen LogP) is 1.41. The first kappa shape index (κ1) is 31.0. The molecule has 4 rings (SSSR count). The van der Waals surface area contributed by atoms with Gasteiger partial charge in [0.2, 0.25) is 0 Å². The molecule has 0 bridgehead atoms. The van der Waals surface area contributed by atoms with Gasteiger partial charge in [-0.05, 0) is 90.3 Å². The van der Waals surface area contributed by atoms with Crippen molar-refractivity contribution < 1.29 is 38.4 Å². The minimum absolute atomic E-state index is 0. The van der Waals surface area contributed by atoms with E-state index in [1.165, 1.54) is 11.8 Å². The zero-order valence-corrected chi connectivity index (χ0v) is 23.9. The molecule has 0 unspecified atom stereocenters. The molecule has 40 heavy (non-hydrogen) atoms. The fourth-order valence-corrected chi connectivity index (χ4v) is 4.73. The first-order chi connectivity index (χ1) is 18.9. The molecule has 1 aliphatic rings. The van der Waals surface area contributed by atoms with Crippen molar-refractivity contribution in [3.05, 3.63) is 114 Å². The number of carboxylic acid groups (broad SMARTS) is 1. The molecule has 7 nitrogen and oxygen atoms in total. The van der Waals surface area contributed by atoms with Crippen molar-refractivity contribution >= 4 is 23.6 Å². The van der Waals surface area contributed by atoms with Gasteiger partial charge in [0, 0.05) is 11.8 Å². The van der Waals surface area contributed by atoms with Crippen molar-refractivity contribution in [2.24, 2.45) is 0 Å². The zero-order valence-electron chi connectivity index (χ0n) is 23.1. The maximum atomic E-state index is 13.3. The van der Waals surface area contributed by atoms with Crippen LogP contribution in [0.25, 0.3) is 11.1 Å². The van der Waals surface area contributed by atoms with Gasteiger partial charge < -0.3 is 20.1 Å².